The Labute approximate surface area is 206 Å². The Kier molecular flexibility index (Phi) is 10.5. The Morgan fingerprint density at radius 2 is 1.97 bits per heavy atom. The van der Waals surface area contributed by atoms with Gasteiger partial charge in [-0.15, -0.1) is 24.0 Å². The molecule has 10 heteroatoms. The fraction of sp³-hybridized carbons (Fsp3) is 0.545. The highest BCUT2D eigenvalue weighted by Crippen LogP contribution is 2.29. The average Bonchev–Trinajstić information content (AvgIpc) is 3.21. The highest BCUT2D eigenvalue weighted by molar-refractivity contribution is 14.0. The summed E-state index contributed by atoms with van der Waals surface area (Å²) in [6.45, 7) is 9.23. The fourth-order valence-corrected chi connectivity index (χ4v) is 3.64. The maximum Gasteiger partial charge on any atom is 0.194 e. The van der Waals surface area contributed by atoms with Gasteiger partial charge >= 0.3 is 0 Å². The van der Waals surface area contributed by atoms with Crippen molar-refractivity contribution in [1.82, 2.24) is 20.3 Å². The van der Waals surface area contributed by atoms with E-state index in [0.717, 1.165) is 56.7 Å². The van der Waals surface area contributed by atoms with Crippen molar-refractivity contribution in [2.24, 2.45) is 4.99 Å². The topological polar surface area (TPSA) is 95.6 Å². The average molecular weight is 559 g/mol. The van der Waals surface area contributed by atoms with Crippen LogP contribution in [0.1, 0.15) is 30.0 Å². The van der Waals surface area contributed by atoms with Gasteiger partial charge in [0.2, 0.25) is 0 Å². The normalized spacial score (nSPS) is 15.8. The Balaban J connectivity index is 0.00000363. The van der Waals surface area contributed by atoms with Crippen LogP contribution in [0.4, 0.5) is 0 Å². The molecule has 178 valence electrons. The predicted octanol–water partition coefficient (Wildman–Crippen LogP) is 2.43. The molecule has 1 unspecified atom stereocenters. The van der Waals surface area contributed by atoms with Crippen LogP contribution in [0.15, 0.2) is 33.8 Å². The van der Waals surface area contributed by atoms with Crippen molar-refractivity contribution in [3.8, 4) is 11.5 Å². The van der Waals surface area contributed by atoms with E-state index in [1.165, 1.54) is 0 Å². The third-order valence-corrected chi connectivity index (χ3v) is 5.28. The van der Waals surface area contributed by atoms with E-state index in [-0.39, 0.29) is 30.5 Å². The van der Waals surface area contributed by atoms with Crippen LogP contribution in [-0.2, 0) is 6.54 Å². The lowest BCUT2D eigenvalue weighted by atomic mass is 10.1. The van der Waals surface area contributed by atoms with Crippen molar-refractivity contribution in [3.05, 3.63) is 41.3 Å². The highest BCUT2D eigenvalue weighted by atomic mass is 127. The van der Waals surface area contributed by atoms with Crippen molar-refractivity contribution < 1.29 is 19.1 Å². The second-order valence-corrected chi connectivity index (χ2v) is 7.51. The second-order valence-electron chi connectivity index (χ2n) is 7.51. The molecule has 2 N–H and O–H groups in total. The molecule has 1 fully saturated rings. The molecule has 0 amide bonds. The van der Waals surface area contributed by atoms with Crippen LogP contribution in [0.5, 0.6) is 11.5 Å². The number of aliphatic hydroxyl groups excluding tert-OH is 1. The number of aryl methyl sites for hydroxylation is 1. The lowest BCUT2D eigenvalue weighted by molar-refractivity contribution is 0.165. The SMILES string of the molecule is CCNC(=NCC(O)c1cc(OC)ccc1OC)N1CCN(Cc2cc(C)on2)CC1.I. The summed E-state index contributed by atoms with van der Waals surface area (Å²) in [5, 5.41) is 18.2. The van der Waals surface area contributed by atoms with Crippen molar-refractivity contribution in [1.29, 1.82) is 0 Å². The number of halogens is 1. The van der Waals surface area contributed by atoms with Gasteiger partial charge in [0.05, 0.1) is 26.5 Å². The monoisotopic (exact) mass is 559 g/mol. The minimum absolute atomic E-state index is 0. The molecule has 2 heterocycles. The van der Waals surface area contributed by atoms with Crippen molar-refractivity contribution in [3.63, 3.8) is 0 Å². The molecule has 1 aliphatic rings. The number of methoxy groups -OCH3 is 2. The molecule has 1 aliphatic heterocycles. The van der Waals surface area contributed by atoms with E-state index in [4.69, 9.17) is 19.0 Å². The summed E-state index contributed by atoms with van der Waals surface area (Å²) in [6.07, 6.45) is -0.796. The van der Waals surface area contributed by atoms with Gasteiger partial charge in [-0.25, -0.2) is 0 Å². The number of aliphatic hydroxyl groups is 1. The minimum atomic E-state index is -0.796. The van der Waals surface area contributed by atoms with Gasteiger partial charge in [-0.1, -0.05) is 5.16 Å². The molecular formula is C22H34IN5O4. The number of rotatable bonds is 8. The van der Waals surface area contributed by atoms with Gasteiger partial charge in [-0.05, 0) is 32.0 Å². The smallest absolute Gasteiger partial charge is 0.194 e. The maximum atomic E-state index is 10.8. The van der Waals surface area contributed by atoms with E-state index in [0.29, 0.717) is 17.1 Å². The van der Waals surface area contributed by atoms with Gasteiger partial charge in [-0.2, -0.15) is 0 Å². The number of nitrogens with zero attached hydrogens (tertiary/aromatic N) is 4. The number of aliphatic imine (C=N–C) groups is 1. The molecule has 9 nitrogen and oxygen atoms in total. The first-order chi connectivity index (χ1) is 15.0. The molecule has 1 saturated heterocycles. The number of aromatic nitrogens is 1. The fourth-order valence-electron chi connectivity index (χ4n) is 3.64. The van der Waals surface area contributed by atoms with Crippen LogP contribution in [0.3, 0.4) is 0 Å². The molecule has 32 heavy (non-hydrogen) atoms. The molecule has 1 aromatic heterocycles. The minimum Gasteiger partial charge on any atom is -0.497 e. The highest BCUT2D eigenvalue weighted by Gasteiger charge is 2.21. The zero-order valence-electron chi connectivity index (χ0n) is 19.2. The summed E-state index contributed by atoms with van der Waals surface area (Å²) in [5.74, 6) is 2.93. The van der Waals surface area contributed by atoms with Gasteiger partial charge in [0.1, 0.15) is 23.4 Å². The molecule has 0 spiro atoms. The first-order valence-corrected chi connectivity index (χ1v) is 10.6. The summed E-state index contributed by atoms with van der Waals surface area (Å²) < 4.78 is 15.8. The first-order valence-electron chi connectivity index (χ1n) is 10.6. The molecule has 0 radical (unpaired) electrons. The van der Waals surface area contributed by atoms with Gasteiger partial charge < -0.3 is 29.3 Å². The van der Waals surface area contributed by atoms with E-state index in [9.17, 15) is 5.11 Å². The molecule has 0 saturated carbocycles. The second kappa shape index (κ2) is 12.9. The van der Waals surface area contributed by atoms with E-state index in [2.05, 4.69) is 20.3 Å². The number of hydrogen-bond acceptors (Lipinski definition) is 7. The number of guanidine groups is 1. The van der Waals surface area contributed by atoms with Crippen LogP contribution in [0.2, 0.25) is 0 Å². The molecule has 2 aromatic rings. The standard InChI is InChI=1S/C22H33N5O4.HI/c1-5-23-22(24-14-20(28)19-13-18(29-3)6-7-21(19)30-4)27-10-8-26(9-11-27)15-17-12-16(2)31-25-17;/h6-7,12-13,20,28H,5,8-11,14-15H2,1-4H3,(H,23,24);1H. The van der Waals surface area contributed by atoms with Gasteiger partial charge in [-0.3, -0.25) is 9.89 Å². The van der Waals surface area contributed by atoms with E-state index >= 15 is 0 Å². The largest absolute Gasteiger partial charge is 0.497 e. The van der Waals surface area contributed by atoms with Crippen molar-refractivity contribution in [2.75, 3.05) is 53.5 Å². The molecule has 0 aliphatic carbocycles. The summed E-state index contributed by atoms with van der Waals surface area (Å²) in [4.78, 5) is 9.28. The van der Waals surface area contributed by atoms with Crippen LogP contribution in [-0.4, -0.2) is 79.5 Å². The van der Waals surface area contributed by atoms with Crippen molar-refractivity contribution in [2.45, 2.75) is 26.5 Å². The molecular weight excluding hydrogens is 525 g/mol. The number of benzene rings is 1. The molecule has 3 rings (SSSR count). The summed E-state index contributed by atoms with van der Waals surface area (Å²) >= 11 is 0. The summed E-state index contributed by atoms with van der Waals surface area (Å²) in [6, 6.07) is 7.37. The number of ether oxygens (including phenoxy) is 2. The van der Waals surface area contributed by atoms with E-state index in [1.54, 1.807) is 26.4 Å². The van der Waals surface area contributed by atoms with E-state index in [1.807, 2.05) is 26.0 Å². The van der Waals surface area contributed by atoms with Crippen LogP contribution >= 0.6 is 24.0 Å². The number of nitrogens with one attached hydrogen (secondary N) is 1. The summed E-state index contributed by atoms with van der Waals surface area (Å²) in [5.41, 5.74) is 1.62. The molecule has 0 bridgehead atoms. The zero-order chi connectivity index (χ0) is 22.2. The Hall–Kier alpha value is -2.05. The lowest BCUT2D eigenvalue weighted by Gasteiger charge is -2.36. The third kappa shape index (κ3) is 6.97. The summed E-state index contributed by atoms with van der Waals surface area (Å²) in [7, 11) is 3.19. The van der Waals surface area contributed by atoms with Gasteiger partial charge in [0.25, 0.3) is 0 Å². The van der Waals surface area contributed by atoms with Gasteiger partial charge in [0.15, 0.2) is 5.96 Å². The van der Waals surface area contributed by atoms with Gasteiger partial charge in [0, 0.05) is 50.9 Å². The molecule has 1 atom stereocenters. The number of piperazine rings is 1. The molecule has 1 aromatic carbocycles. The van der Waals surface area contributed by atoms with Crippen molar-refractivity contribution >= 4 is 29.9 Å². The van der Waals surface area contributed by atoms with Crippen LogP contribution in [0.25, 0.3) is 0 Å². The Morgan fingerprint density at radius 3 is 2.56 bits per heavy atom. The predicted molar refractivity (Wildman–Crippen MR) is 134 cm³/mol. The first kappa shape index (κ1) is 26.2. The Bertz CT molecular complexity index is 868. The zero-order valence-corrected chi connectivity index (χ0v) is 21.5. The number of hydrogen-bond donors (Lipinski definition) is 2. The van der Waals surface area contributed by atoms with Crippen LogP contribution in [0, 0.1) is 6.92 Å². The Morgan fingerprint density at radius 1 is 1.22 bits per heavy atom. The van der Waals surface area contributed by atoms with E-state index < -0.39 is 6.10 Å². The quantitative estimate of drug-likeness (QED) is 0.290. The maximum absolute atomic E-state index is 10.8. The lowest BCUT2D eigenvalue weighted by Crippen LogP contribution is -2.52. The van der Waals surface area contributed by atoms with Crippen LogP contribution < -0.4 is 14.8 Å². The third-order valence-electron chi connectivity index (χ3n) is 5.28.